The van der Waals surface area contributed by atoms with Gasteiger partial charge in [-0.15, -0.1) is 0 Å². The van der Waals surface area contributed by atoms with Crippen LogP contribution in [0.25, 0.3) is 21.9 Å². The summed E-state index contributed by atoms with van der Waals surface area (Å²) in [6, 6.07) is 15.6. The highest BCUT2D eigenvalue weighted by Crippen LogP contribution is 2.46. The van der Waals surface area contributed by atoms with Crippen LogP contribution in [0, 0.1) is 0 Å². The Morgan fingerprint density at radius 3 is 1.97 bits per heavy atom. The number of rotatable bonds is 7. The van der Waals surface area contributed by atoms with Crippen LogP contribution in [0.2, 0.25) is 0 Å². The van der Waals surface area contributed by atoms with Gasteiger partial charge in [0.1, 0.15) is 5.75 Å². The summed E-state index contributed by atoms with van der Waals surface area (Å²) < 4.78 is 22.6. The molecule has 0 saturated carbocycles. The zero-order valence-corrected chi connectivity index (χ0v) is 18.2. The lowest BCUT2D eigenvalue weighted by Crippen LogP contribution is -2.35. The van der Waals surface area contributed by atoms with Crippen LogP contribution in [-0.2, 0) is 4.79 Å². The molecule has 0 aromatic heterocycles. The average molecular weight is 409 g/mol. The van der Waals surface area contributed by atoms with Gasteiger partial charge in [-0.2, -0.15) is 0 Å². The molecule has 0 saturated heterocycles. The summed E-state index contributed by atoms with van der Waals surface area (Å²) in [5, 5.41) is 1.88. The van der Waals surface area contributed by atoms with Crippen molar-refractivity contribution < 1.29 is 23.7 Å². The minimum atomic E-state index is -0.593. The van der Waals surface area contributed by atoms with E-state index in [1.165, 1.54) is 4.90 Å². The molecule has 158 valence electrons. The first-order chi connectivity index (χ1) is 14.4. The Morgan fingerprint density at radius 2 is 1.37 bits per heavy atom. The number of likely N-dealkylation sites (N-methyl/N-ethyl adjacent to an activating group) is 1. The van der Waals surface area contributed by atoms with Gasteiger partial charge in [-0.3, -0.25) is 4.79 Å². The Labute approximate surface area is 176 Å². The van der Waals surface area contributed by atoms with Crippen molar-refractivity contribution in [2.45, 2.75) is 13.0 Å². The molecule has 0 N–H and O–H groups in total. The lowest BCUT2D eigenvalue weighted by Gasteiger charge is -2.21. The monoisotopic (exact) mass is 409 g/mol. The van der Waals surface area contributed by atoms with Gasteiger partial charge in [0.2, 0.25) is 5.75 Å². The van der Waals surface area contributed by atoms with Gasteiger partial charge in [-0.1, -0.05) is 24.3 Å². The van der Waals surface area contributed by atoms with Crippen molar-refractivity contribution in [3.8, 4) is 34.1 Å². The molecule has 0 aliphatic rings. The van der Waals surface area contributed by atoms with E-state index >= 15 is 0 Å². The van der Waals surface area contributed by atoms with Gasteiger partial charge < -0.3 is 23.8 Å². The lowest BCUT2D eigenvalue weighted by atomic mass is 9.96. The Bertz CT molecular complexity index is 1060. The topological polar surface area (TPSA) is 57.2 Å². The molecule has 1 amide bonds. The van der Waals surface area contributed by atoms with Crippen molar-refractivity contribution in [3.63, 3.8) is 0 Å². The first-order valence-corrected chi connectivity index (χ1v) is 9.61. The fourth-order valence-electron chi connectivity index (χ4n) is 3.53. The zero-order valence-electron chi connectivity index (χ0n) is 18.2. The molecule has 0 aliphatic carbocycles. The molecular formula is C24H27NO5. The number of fused-ring (bicyclic) bond motifs is 1. The fourth-order valence-corrected chi connectivity index (χ4v) is 3.53. The largest absolute Gasteiger partial charge is 0.493 e. The van der Waals surface area contributed by atoms with Gasteiger partial charge in [0.25, 0.3) is 5.91 Å². The van der Waals surface area contributed by atoms with Gasteiger partial charge >= 0.3 is 0 Å². The molecule has 30 heavy (non-hydrogen) atoms. The standard InChI is InChI=1S/C24H27NO5/c1-15(24(26)25(2)3)30-20-13-11-17(16-9-7-8-10-18(16)20)19-12-14-21(27-4)23(29-6)22(19)28-5/h7-15H,1-6H3. The number of nitrogens with zero attached hydrogens (tertiary/aromatic N) is 1. The van der Waals surface area contributed by atoms with Crippen LogP contribution in [0.4, 0.5) is 0 Å². The van der Waals surface area contributed by atoms with Crippen LogP contribution in [0.15, 0.2) is 48.5 Å². The van der Waals surface area contributed by atoms with Gasteiger partial charge in [0.05, 0.1) is 21.3 Å². The number of hydrogen-bond donors (Lipinski definition) is 0. The van der Waals surface area contributed by atoms with E-state index in [1.807, 2.05) is 48.5 Å². The number of ether oxygens (including phenoxy) is 4. The Hall–Kier alpha value is -3.41. The summed E-state index contributed by atoms with van der Waals surface area (Å²) in [7, 11) is 8.21. The third-order valence-electron chi connectivity index (χ3n) is 4.97. The molecule has 3 aromatic carbocycles. The lowest BCUT2D eigenvalue weighted by molar-refractivity contribution is -0.135. The molecule has 3 rings (SSSR count). The molecule has 6 heteroatoms. The minimum absolute atomic E-state index is 0.0929. The summed E-state index contributed by atoms with van der Waals surface area (Å²) >= 11 is 0. The zero-order chi connectivity index (χ0) is 21.8. The summed E-state index contributed by atoms with van der Waals surface area (Å²) in [5.41, 5.74) is 1.83. The maximum atomic E-state index is 12.2. The average Bonchev–Trinajstić information content (AvgIpc) is 2.77. The Balaban J connectivity index is 2.16. The summed E-state index contributed by atoms with van der Waals surface area (Å²) in [5.74, 6) is 2.28. The molecule has 0 fully saturated rings. The van der Waals surface area contributed by atoms with Gasteiger partial charge in [-0.05, 0) is 42.1 Å². The van der Waals surface area contributed by atoms with E-state index < -0.39 is 6.10 Å². The van der Waals surface area contributed by atoms with E-state index in [9.17, 15) is 4.79 Å². The van der Waals surface area contributed by atoms with Crippen molar-refractivity contribution in [3.05, 3.63) is 48.5 Å². The first kappa shape index (κ1) is 21.3. The quantitative estimate of drug-likeness (QED) is 0.579. The minimum Gasteiger partial charge on any atom is -0.493 e. The van der Waals surface area contributed by atoms with Gasteiger partial charge in [0.15, 0.2) is 17.6 Å². The van der Waals surface area contributed by atoms with Crippen LogP contribution < -0.4 is 18.9 Å². The van der Waals surface area contributed by atoms with Gasteiger partial charge in [0, 0.05) is 25.0 Å². The van der Waals surface area contributed by atoms with Crippen LogP contribution in [0.1, 0.15) is 6.92 Å². The highest BCUT2D eigenvalue weighted by atomic mass is 16.5. The van der Waals surface area contributed by atoms with Crippen LogP contribution in [0.5, 0.6) is 23.0 Å². The number of carbonyl (C=O) groups is 1. The second-order valence-corrected chi connectivity index (χ2v) is 7.03. The van der Waals surface area contributed by atoms with Gasteiger partial charge in [-0.25, -0.2) is 0 Å². The molecule has 3 aromatic rings. The summed E-state index contributed by atoms with van der Waals surface area (Å²) in [6.07, 6.45) is -0.593. The van der Waals surface area contributed by atoms with Crippen molar-refractivity contribution in [1.82, 2.24) is 4.90 Å². The normalized spacial score (nSPS) is 11.7. The summed E-state index contributed by atoms with van der Waals surface area (Å²) in [6.45, 7) is 1.75. The van der Waals surface area contributed by atoms with E-state index in [0.29, 0.717) is 23.0 Å². The van der Waals surface area contributed by atoms with E-state index in [1.54, 1.807) is 42.3 Å². The predicted molar refractivity (Wildman–Crippen MR) is 118 cm³/mol. The van der Waals surface area contributed by atoms with Crippen molar-refractivity contribution in [2.24, 2.45) is 0 Å². The van der Waals surface area contributed by atoms with E-state index in [2.05, 4.69) is 0 Å². The highest BCUT2D eigenvalue weighted by molar-refractivity contribution is 6.02. The van der Waals surface area contributed by atoms with Crippen molar-refractivity contribution in [2.75, 3.05) is 35.4 Å². The maximum absolute atomic E-state index is 12.2. The molecule has 1 atom stereocenters. The number of methoxy groups -OCH3 is 3. The highest BCUT2D eigenvalue weighted by Gasteiger charge is 2.21. The molecule has 0 aliphatic heterocycles. The van der Waals surface area contributed by atoms with Crippen LogP contribution >= 0.6 is 0 Å². The number of amides is 1. The maximum Gasteiger partial charge on any atom is 0.262 e. The second-order valence-electron chi connectivity index (χ2n) is 7.03. The smallest absolute Gasteiger partial charge is 0.262 e. The number of benzene rings is 3. The van der Waals surface area contributed by atoms with E-state index in [4.69, 9.17) is 18.9 Å². The Morgan fingerprint density at radius 1 is 0.767 bits per heavy atom. The fraction of sp³-hybridized carbons (Fsp3) is 0.292. The molecule has 0 radical (unpaired) electrons. The molecule has 1 unspecified atom stereocenters. The van der Waals surface area contributed by atoms with E-state index in [-0.39, 0.29) is 5.91 Å². The molecule has 0 bridgehead atoms. The van der Waals surface area contributed by atoms with Crippen LogP contribution in [0.3, 0.4) is 0 Å². The molecular weight excluding hydrogens is 382 g/mol. The van der Waals surface area contributed by atoms with E-state index in [0.717, 1.165) is 21.9 Å². The van der Waals surface area contributed by atoms with Crippen molar-refractivity contribution >= 4 is 16.7 Å². The summed E-state index contributed by atoms with van der Waals surface area (Å²) in [4.78, 5) is 13.8. The number of hydrogen-bond acceptors (Lipinski definition) is 5. The predicted octanol–water partition coefficient (Wildman–Crippen LogP) is 4.39. The number of carbonyl (C=O) groups excluding carboxylic acids is 1. The van der Waals surface area contributed by atoms with Crippen LogP contribution in [-0.4, -0.2) is 52.3 Å². The second kappa shape index (κ2) is 8.95. The van der Waals surface area contributed by atoms with Crippen molar-refractivity contribution in [1.29, 1.82) is 0 Å². The third kappa shape index (κ3) is 3.85. The third-order valence-corrected chi connectivity index (χ3v) is 4.97. The molecule has 0 heterocycles. The Kier molecular flexibility index (Phi) is 6.35. The molecule has 0 spiro atoms. The first-order valence-electron chi connectivity index (χ1n) is 9.61. The molecule has 6 nitrogen and oxygen atoms in total. The SMILES string of the molecule is COc1ccc(-c2ccc(OC(C)C(=O)N(C)C)c3ccccc23)c(OC)c1OC.